The highest BCUT2D eigenvalue weighted by Crippen LogP contribution is 2.49. The summed E-state index contributed by atoms with van der Waals surface area (Å²) >= 11 is 1.28. The molecule has 4 N–H and O–H groups in total. The van der Waals surface area contributed by atoms with Crippen LogP contribution in [0.25, 0.3) is 11.3 Å². The minimum atomic E-state index is -4.69. The van der Waals surface area contributed by atoms with Gasteiger partial charge < -0.3 is 24.7 Å². The standard InChI is InChI=1S/C21H23N2O6PS/c1-11(2)10-15-17(23-21(22)31-15)16-18-13(29-20(24)12-6-4-3-5-7-12)8-9-14(28-18)19(16)30(25,26)27/h3-7,11,13H,8-10H2,1-2H3,(H2,22,23)(H2,25,26,27). The quantitative estimate of drug-likeness (QED) is 0.371. The number of carbonyl (C=O) groups is 1. The fourth-order valence-corrected chi connectivity index (χ4v) is 5.81. The van der Waals surface area contributed by atoms with Crippen LogP contribution in [0.5, 0.6) is 0 Å². The van der Waals surface area contributed by atoms with Gasteiger partial charge in [0.1, 0.15) is 11.1 Å². The maximum Gasteiger partial charge on any atom is 0.360 e. The maximum absolute atomic E-state index is 12.6. The van der Waals surface area contributed by atoms with E-state index in [0.717, 1.165) is 4.88 Å². The second kappa shape index (κ2) is 8.24. The zero-order chi connectivity index (χ0) is 22.3. The van der Waals surface area contributed by atoms with Crippen LogP contribution < -0.4 is 11.0 Å². The molecule has 164 valence electrons. The molecule has 0 amide bonds. The van der Waals surface area contributed by atoms with Crippen LogP contribution in [0.2, 0.25) is 0 Å². The largest absolute Gasteiger partial charge is 0.460 e. The number of nitrogen functional groups attached to an aromatic ring is 1. The molecule has 3 aromatic rings. The molecule has 3 heterocycles. The number of esters is 1. The Hall–Kier alpha value is -2.45. The summed E-state index contributed by atoms with van der Waals surface area (Å²) in [5, 5.41) is 0.115. The fourth-order valence-electron chi connectivity index (χ4n) is 3.77. The van der Waals surface area contributed by atoms with Gasteiger partial charge in [-0.15, -0.1) is 11.3 Å². The molecule has 31 heavy (non-hydrogen) atoms. The minimum Gasteiger partial charge on any atom is -0.460 e. The van der Waals surface area contributed by atoms with Crippen molar-refractivity contribution in [3.8, 4) is 11.3 Å². The van der Waals surface area contributed by atoms with Gasteiger partial charge in [-0.05, 0) is 30.9 Å². The molecule has 0 saturated carbocycles. The minimum absolute atomic E-state index is 0.184. The van der Waals surface area contributed by atoms with E-state index in [1.165, 1.54) is 11.3 Å². The third-order valence-corrected chi connectivity index (χ3v) is 6.96. The molecule has 0 radical (unpaired) electrons. The van der Waals surface area contributed by atoms with Crippen LogP contribution >= 0.6 is 18.9 Å². The molecular formula is C21H23N2O6PS. The van der Waals surface area contributed by atoms with Gasteiger partial charge in [-0.1, -0.05) is 32.0 Å². The van der Waals surface area contributed by atoms with E-state index in [0.29, 0.717) is 29.2 Å². The second-order valence-corrected chi connectivity index (χ2v) is 10.5. The van der Waals surface area contributed by atoms with E-state index in [2.05, 4.69) is 4.98 Å². The second-order valence-electron chi connectivity index (χ2n) is 7.88. The van der Waals surface area contributed by atoms with Crippen molar-refractivity contribution in [3.05, 3.63) is 52.3 Å². The van der Waals surface area contributed by atoms with Crippen LogP contribution in [0.4, 0.5) is 5.13 Å². The predicted molar refractivity (Wildman–Crippen MR) is 117 cm³/mol. The molecular weight excluding hydrogens is 439 g/mol. The van der Waals surface area contributed by atoms with Crippen molar-refractivity contribution in [2.24, 2.45) is 5.92 Å². The third-order valence-electron chi connectivity index (χ3n) is 5.00. The number of carbonyl (C=O) groups excluding carboxylic acids is 1. The highest BCUT2D eigenvalue weighted by molar-refractivity contribution is 7.60. The maximum atomic E-state index is 12.6. The molecule has 8 nitrogen and oxygen atoms in total. The summed E-state index contributed by atoms with van der Waals surface area (Å²) in [6.45, 7) is 4.07. The molecule has 0 aliphatic carbocycles. The molecule has 1 aliphatic heterocycles. The summed E-state index contributed by atoms with van der Waals surface area (Å²) in [7, 11) is -4.69. The number of nitrogens with two attached hydrogens (primary N) is 1. The Bertz CT molecular complexity index is 1160. The summed E-state index contributed by atoms with van der Waals surface area (Å²) in [5.74, 6) is 0.157. The topological polar surface area (TPSA) is 136 Å². The number of hydrogen-bond acceptors (Lipinski definition) is 7. The van der Waals surface area contributed by atoms with Crippen molar-refractivity contribution in [2.75, 3.05) is 5.73 Å². The van der Waals surface area contributed by atoms with Crippen molar-refractivity contribution in [2.45, 2.75) is 39.2 Å². The number of anilines is 1. The molecule has 1 atom stereocenters. The van der Waals surface area contributed by atoms with Crippen LogP contribution in [0.1, 0.15) is 53.1 Å². The zero-order valence-corrected chi connectivity index (χ0v) is 18.8. The van der Waals surface area contributed by atoms with Crippen molar-refractivity contribution in [1.29, 1.82) is 0 Å². The van der Waals surface area contributed by atoms with Gasteiger partial charge in [-0.2, -0.15) is 0 Å². The molecule has 1 aromatic carbocycles. The van der Waals surface area contributed by atoms with Gasteiger partial charge in [-0.3, -0.25) is 4.57 Å². The first kappa shape index (κ1) is 21.8. The van der Waals surface area contributed by atoms with Crippen molar-refractivity contribution < 1.29 is 28.3 Å². The number of nitrogens with zero attached hydrogens (tertiary/aromatic N) is 1. The van der Waals surface area contributed by atoms with Crippen LogP contribution in [0.15, 0.2) is 34.7 Å². The Kier molecular flexibility index (Phi) is 5.79. The predicted octanol–water partition coefficient (Wildman–Crippen LogP) is 3.83. The number of aryl methyl sites for hydroxylation is 1. The summed E-state index contributed by atoms with van der Waals surface area (Å²) < 4.78 is 23.9. The fraction of sp³-hybridized carbons (Fsp3) is 0.333. The van der Waals surface area contributed by atoms with Gasteiger partial charge in [-0.25, -0.2) is 9.78 Å². The lowest BCUT2D eigenvalue weighted by atomic mass is 10.0. The molecule has 4 rings (SSSR count). The third kappa shape index (κ3) is 4.32. The van der Waals surface area contributed by atoms with Crippen molar-refractivity contribution in [1.82, 2.24) is 4.98 Å². The summed E-state index contributed by atoms with van der Waals surface area (Å²) in [6.07, 6.45) is 0.443. The number of aromatic nitrogens is 1. The van der Waals surface area contributed by atoms with Gasteiger partial charge in [0, 0.05) is 11.3 Å². The molecule has 0 spiro atoms. The van der Waals surface area contributed by atoms with Gasteiger partial charge >= 0.3 is 13.6 Å². The van der Waals surface area contributed by atoms with E-state index < -0.39 is 19.7 Å². The lowest BCUT2D eigenvalue weighted by Gasteiger charge is -2.19. The lowest BCUT2D eigenvalue weighted by Crippen LogP contribution is -2.14. The average molecular weight is 462 g/mol. The smallest absolute Gasteiger partial charge is 0.360 e. The van der Waals surface area contributed by atoms with Crippen LogP contribution in [0.3, 0.4) is 0 Å². The molecule has 10 heteroatoms. The van der Waals surface area contributed by atoms with Gasteiger partial charge in [0.25, 0.3) is 0 Å². The van der Waals surface area contributed by atoms with E-state index in [1.54, 1.807) is 30.3 Å². The molecule has 0 saturated heterocycles. The number of hydrogen-bond donors (Lipinski definition) is 3. The first-order chi connectivity index (χ1) is 14.6. The first-order valence-corrected chi connectivity index (χ1v) is 12.3. The number of thiazole rings is 1. The van der Waals surface area contributed by atoms with E-state index >= 15 is 0 Å². The van der Waals surface area contributed by atoms with Crippen LogP contribution in [-0.2, 0) is 22.1 Å². The summed E-state index contributed by atoms with van der Waals surface area (Å²) in [6, 6.07) is 8.54. The summed E-state index contributed by atoms with van der Waals surface area (Å²) in [4.78, 5) is 38.0. The average Bonchev–Trinajstić information content (AvgIpc) is 3.21. The monoisotopic (exact) mass is 462 g/mol. The van der Waals surface area contributed by atoms with E-state index in [1.807, 2.05) is 13.8 Å². The van der Waals surface area contributed by atoms with E-state index in [9.17, 15) is 19.1 Å². The normalized spacial score (nSPS) is 16.0. The Morgan fingerprint density at radius 2 is 2.06 bits per heavy atom. The van der Waals surface area contributed by atoms with Crippen molar-refractivity contribution in [3.63, 3.8) is 0 Å². The Labute approximate surface area is 183 Å². The number of fused-ring (bicyclic) bond motifs is 2. The zero-order valence-electron chi connectivity index (χ0n) is 17.1. The molecule has 0 fully saturated rings. The summed E-state index contributed by atoms with van der Waals surface area (Å²) in [5.41, 5.74) is 6.93. The Morgan fingerprint density at radius 1 is 1.35 bits per heavy atom. The molecule has 2 aromatic heterocycles. The van der Waals surface area contributed by atoms with E-state index in [4.69, 9.17) is 14.9 Å². The van der Waals surface area contributed by atoms with Gasteiger partial charge in [0.05, 0.1) is 16.8 Å². The number of ether oxygens (including phenoxy) is 1. The number of benzene rings is 1. The molecule has 2 bridgehead atoms. The lowest BCUT2D eigenvalue weighted by molar-refractivity contribution is 0.0184. The number of rotatable bonds is 6. The SMILES string of the molecule is CC(C)Cc1sc(N)nc1-c1c2oc(c1P(=O)(O)O)CCC2OC(=O)c1ccccc1. The Balaban J connectivity index is 1.82. The van der Waals surface area contributed by atoms with Gasteiger partial charge in [0.2, 0.25) is 0 Å². The van der Waals surface area contributed by atoms with Crippen LogP contribution in [0, 0.1) is 5.92 Å². The molecule has 1 aliphatic rings. The van der Waals surface area contributed by atoms with Crippen LogP contribution in [-0.4, -0.2) is 20.7 Å². The number of furan rings is 1. The Morgan fingerprint density at radius 3 is 2.71 bits per heavy atom. The first-order valence-electron chi connectivity index (χ1n) is 9.88. The van der Waals surface area contributed by atoms with Crippen molar-refractivity contribution >= 4 is 35.3 Å². The molecule has 1 unspecified atom stereocenters. The van der Waals surface area contributed by atoms with Gasteiger partial charge in [0.15, 0.2) is 17.0 Å². The highest BCUT2D eigenvalue weighted by Gasteiger charge is 2.41. The van der Waals surface area contributed by atoms with E-state index in [-0.39, 0.29) is 34.7 Å². The highest BCUT2D eigenvalue weighted by atomic mass is 32.1.